The lowest BCUT2D eigenvalue weighted by Crippen LogP contribution is -2.47. The zero-order valence-electron chi connectivity index (χ0n) is 17.5. The van der Waals surface area contributed by atoms with E-state index in [1.54, 1.807) is 19.9 Å². The summed E-state index contributed by atoms with van der Waals surface area (Å²) < 4.78 is 33.3. The van der Waals surface area contributed by atoms with Crippen molar-refractivity contribution in [1.82, 2.24) is 19.3 Å². The molecule has 2 aromatic rings. The van der Waals surface area contributed by atoms with E-state index in [4.69, 9.17) is 4.52 Å². The summed E-state index contributed by atoms with van der Waals surface area (Å²) in [6, 6.07) is 1.62. The molecule has 1 atom stereocenters. The first kappa shape index (κ1) is 21.5. The number of carbonyl (C=O) groups excluding carboxylic acids is 1. The Morgan fingerprint density at radius 2 is 1.87 bits per heavy atom. The summed E-state index contributed by atoms with van der Waals surface area (Å²) in [5.41, 5.74) is 0. The number of sulfonamides is 1. The maximum atomic E-state index is 13.4. The number of likely N-dealkylation sites (tertiary alicyclic amines) is 1. The molecule has 0 radical (unpaired) electrons. The molecule has 2 fully saturated rings. The largest absolute Gasteiger partial charge is 0.342 e. The lowest BCUT2D eigenvalue weighted by atomic mass is 9.98. The molecule has 164 valence electrons. The van der Waals surface area contributed by atoms with Gasteiger partial charge in [0.15, 0.2) is 0 Å². The van der Waals surface area contributed by atoms with Crippen LogP contribution in [0.4, 0.5) is 0 Å². The summed E-state index contributed by atoms with van der Waals surface area (Å²) in [6.45, 7) is 5.77. The third kappa shape index (κ3) is 4.31. The number of piperidine rings is 1. The number of aryl methyl sites for hydroxylation is 2. The van der Waals surface area contributed by atoms with Crippen molar-refractivity contribution in [3.63, 3.8) is 0 Å². The van der Waals surface area contributed by atoms with Crippen LogP contribution in [-0.4, -0.2) is 59.8 Å². The van der Waals surface area contributed by atoms with Gasteiger partial charge in [0.1, 0.15) is 0 Å². The van der Waals surface area contributed by atoms with Gasteiger partial charge in [-0.05, 0) is 38.7 Å². The van der Waals surface area contributed by atoms with Crippen LogP contribution in [0.1, 0.15) is 49.3 Å². The second-order valence-electron chi connectivity index (χ2n) is 8.11. The van der Waals surface area contributed by atoms with E-state index in [2.05, 4.69) is 10.1 Å². The van der Waals surface area contributed by atoms with E-state index in [-0.39, 0.29) is 23.3 Å². The number of nitrogens with zero attached hydrogens (tertiary/aromatic N) is 4. The van der Waals surface area contributed by atoms with Crippen LogP contribution in [-0.2, 0) is 14.8 Å². The number of rotatable bonds is 4. The van der Waals surface area contributed by atoms with Crippen molar-refractivity contribution in [3.05, 3.63) is 16.8 Å². The Hall–Kier alpha value is -1.78. The first-order valence-electron chi connectivity index (χ1n) is 10.6. The van der Waals surface area contributed by atoms with Crippen LogP contribution in [0.15, 0.2) is 15.5 Å². The lowest BCUT2D eigenvalue weighted by Gasteiger charge is -2.34. The van der Waals surface area contributed by atoms with E-state index in [9.17, 15) is 13.2 Å². The molecule has 30 heavy (non-hydrogen) atoms. The van der Waals surface area contributed by atoms with Crippen LogP contribution in [0.3, 0.4) is 0 Å². The van der Waals surface area contributed by atoms with Crippen molar-refractivity contribution in [1.29, 1.82) is 0 Å². The summed E-state index contributed by atoms with van der Waals surface area (Å²) in [6.07, 6.45) is 5.84. The summed E-state index contributed by atoms with van der Waals surface area (Å²) in [4.78, 5) is 20.8. The van der Waals surface area contributed by atoms with Gasteiger partial charge in [-0.2, -0.15) is 9.29 Å². The highest BCUT2D eigenvalue weighted by atomic mass is 32.2. The van der Waals surface area contributed by atoms with Gasteiger partial charge in [0.2, 0.25) is 27.6 Å². The van der Waals surface area contributed by atoms with E-state index >= 15 is 0 Å². The fourth-order valence-electron chi connectivity index (χ4n) is 4.28. The Kier molecular flexibility index (Phi) is 6.26. The molecule has 2 aromatic heterocycles. The van der Waals surface area contributed by atoms with Crippen LogP contribution in [0.25, 0.3) is 10.7 Å². The Morgan fingerprint density at radius 1 is 1.13 bits per heavy atom. The topological polar surface area (TPSA) is 96.6 Å². The van der Waals surface area contributed by atoms with Crippen LogP contribution < -0.4 is 0 Å². The molecule has 4 rings (SSSR count). The van der Waals surface area contributed by atoms with Crippen LogP contribution in [0.2, 0.25) is 0 Å². The minimum atomic E-state index is -3.69. The summed E-state index contributed by atoms with van der Waals surface area (Å²) in [5, 5.41) is 3.90. The number of hydrogen-bond donors (Lipinski definition) is 0. The van der Waals surface area contributed by atoms with Crippen LogP contribution in [0, 0.1) is 19.8 Å². The van der Waals surface area contributed by atoms with Crippen LogP contribution >= 0.6 is 11.3 Å². The monoisotopic (exact) mass is 452 g/mol. The van der Waals surface area contributed by atoms with Crippen molar-refractivity contribution in [2.24, 2.45) is 5.92 Å². The zero-order valence-corrected chi connectivity index (χ0v) is 19.1. The van der Waals surface area contributed by atoms with E-state index in [1.807, 2.05) is 4.90 Å². The van der Waals surface area contributed by atoms with Crippen molar-refractivity contribution in [2.75, 3.05) is 26.2 Å². The van der Waals surface area contributed by atoms with E-state index < -0.39 is 10.0 Å². The molecule has 0 N–H and O–H groups in total. The average molecular weight is 453 g/mol. The molecule has 0 saturated carbocycles. The van der Waals surface area contributed by atoms with Crippen LogP contribution in [0.5, 0.6) is 0 Å². The lowest BCUT2D eigenvalue weighted by molar-refractivity contribution is -0.136. The molecule has 0 aliphatic carbocycles. The summed E-state index contributed by atoms with van der Waals surface area (Å²) in [5.74, 6) is 0.688. The summed E-state index contributed by atoms with van der Waals surface area (Å²) in [7, 11) is -3.69. The third-order valence-corrected chi connectivity index (χ3v) is 9.06. The minimum Gasteiger partial charge on any atom is -0.342 e. The summed E-state index contributed by atoms with van der Waals surface area (Å²) >= 11 is 1.34. The van der Waals surface area contributed by atoms with Crippen molar-refractivity contribution < 1.29 is 17.7 Å². The SMILES string of the molecule is Cc1nc(-c2cc(S(=O)(=O)N3CCCC(C(=O)N4CCCCCC4)C3)c(C)s2)no1. The van der Waals surface area contributed by atoms with E-state index in [0.29, 0.717) is 34.4 Å². The molecule has 8 nitrogen and oxygen atoms in total. The third-order valence-electron chi connectivity index (χ3n) is 5.89. The van der Waals surface area contributed by atoms with Gasteiger partial charge >= 0.3 is 0 Å². The minimum absolute atomic E-state index is 0.113. The van der Waals surface area contributed by atoms with Gasteiger partial charge < -0.3 is 9.42 Å². The first-order valence-corrected chi connectivity index (χ1v) is 12.8. The number of amides is 1. The highest BCUT2D eigenvalue weighted by Gasteiger charge is 2.36. The molecular weight excluding hydrogens is 424 g/mol. The number of aromatic nitrogens is 2. The number of thiophene rings is 1. The zero-order chi connectivity index (χ0) is 21.3. The Balaban J connectivity index is 1.52. The smallest absolute Gasteiger partial charge is 0.244 e. The number of carbonyl (C=O) groups is 1. The molecule has 4 heterocycles. The quantitative estimate of drug-likeness (QED) is 0.707. The van der Waals surface area contributed by atoms with Gasteiger partial charge in [-0.1, -0.05) is 18.0 Å². The Labute approximate surface area is 181 Å². The second kappa shape index (κ2) is 8.76. The average Bonchev–Trinajstić information content (AvgIpc) is 3.23. The molecule has 2 aliphatic heterocycles. The van der Waals surface area contributed by atoms with Gasteiger partial charge in [-0.15, -0.1) is 11.3 Å². The van der Waals surface area contributed by atoms with Crippen molar-refractivity contribution in [2.45, 2.75) is 57.3 Å². The van der Waals surface area contributed by atoms with Gasteiger partial charge in [0, 0.05) is 38.0 Å². The first-order chi connectivity index (χ1) is 14.4. The van der Waals surface area contributed by atoms with Gasteiger partial charge in [0.05, 0.1) is 15.7 Å². The standard InChI is InChI=1S/C20H28N4O4S2/c1-14-18(12-17(29-14)19-21-15(2)28-22-19)30(26,27)24-11-7-8-16(13-24)20(25)23-9-5-3-4-6-10-23/h12,16H,3-11,13H2,1-2H3. The molecule has 0 spiro atoms. The molecule has 2 aliphatic rings. The maximum Gasteiger partial charge on any atom is 0.244 e. The molecule has 1 amide bonds. The Morgan fingerprint density at radius 3 is 2.53 bits per heavy atom. The fraction of sp³-hybridized carbons (Fsp3) is 0.650. The molecular formula is C20H28N4O4S2. The molecule has 0 aromatic carbocycles. The molecule has 2 saturated heterocycles. The van der Waals surface area contributed by atoms with E-state index in [0.717, 1.165) is 45.2 Å². The normalized spacial score (nSPS) is 21.5. The van der Waals surface area contributed by atoms with Gasteiger partial charge in [-0.3, -0.25) is 4.79 Å². The fourth-order valence-corrected chi connectivity index (χ4v) is 7.29. The van der Waals surface area contributed by atoms with Crippen molar-refractivity contribution in [3.8, 4) is 10.7 Å². The van der Waals surface area contributed by atoms with Gasteiger partial charge in [-0.25, -0.2) is 8.42 Å². The molecule has 10 heteroatoms. The van der Waals surface area contributed by atoms with Gasteiger partial charge in [0.25, 0.3) is 0 Å². The predicted molar refractivity (Wildman–Crippen MR) is 114 cm³/mol. The van der Waals surface area contributed by atoms with Crippen molar-refractivity contribution >= 4 is 27.3 Å². The molecule has 0 bridgehead atoms. The van der Waals surface area contributed by atoms with E-state index in [1.165, 1.54) is 15.6 Å². The number of hydrogen-bond acceptors (Lipinski definition) is 7. The molecule has 1 unspecified atom stereocenters. The second-order valence-corrected chi connectivity index (χ2v) is 11.3. The predicted octanol–water partition coefficient (Wildman–Crippen LogP) is 3.22. The highest BCUT2D eigenvalue weighted by Crippen LogP contribution is 2.35. The highest BCUT2D eigenvalue weighted by molar-refractivity contribution is 7.89. The maximum absolute atomic E-state index is 13.4. The Bertz CT molecular complexity index is 1010.